The number of nitrogen functional groups attached to an aromatic ring is 1. The van der Waals surface area contributed by atoms with Crippen LogP contribution in [-0.4, -0.2) is 12.1 Å². The third-order valence-corrected chi connectivity index (χ3v) is 2.12. The lowest BCUT2D eigenvalue weighted by molar-refractivity contribution is 0.415. The van der Waals surface area contributed by atoms with Crippen LogP contribution in [0.25, 0.3) is 0 Å². The second-order valence-electron chi connectivity index (χ2n) is 3.36. The molecule has 0 amide bonds. The minimum atomic E-state index is 0.632. The quantitative estimate of drug-likeness (QED) is 0.825. The van der Waals surface area contributed by atoms with Gasteiger partial charge in [0.05, 0.1) is 24.7 Å². The average Bonchev–Trinajstić information content (AvgIpc) is 2.29. The third kappa shape index (κ3) is 2.42. The first-order chi connectivity index (χ1) is 7.78. The van der Waals surface area contributed by atoms with Gasteiger partial charge in [-0.3, -0.25) is 4.98 Å². The first kappa shape index (κ1) is 10.3. The number of rotatable bonds is 3. The van der Waals surface area contributed by atoms with Crippen LogP contribution < -0.4 is 15.8 Å². The molecule has 4 nitrogen and oxygen atoms in total. The summed E-state index contributed by atoms with van der Waals surface area (Å²) in [5, 5.41) is 3.20. The highest BCUT2D eigenvalue weighted by atomic mass is 16.5. The average molecular weight is 215 g/mol. The van der Waals surface area contributed by atoms with Gasteiger partial charge in [-0.15, -0.1) is 0 Å². The largest absolute Gasteiger partial charge is 0.497 e. The standard InChI is InChI=1S/C12H13N3O/c1-16-12-4-2-3-10(6-12)15-11-5-9(13)7-14-8-11/h2-8,15H,13H2,1H3. The molecule has 0 saturated heterocycles. The van der Waals surface area contributed by atoms with Gasteiger partial charge in [0, 0.05) is 18.0 Å². The van der Waals surface area contributed by atoms with E-state index in [1.165, 1.54) is 0 Å². The molecule has 16 heavy (non-hydrogen) atoms. The van der Waals surface area contributed by atoms with Crippen LogP contribution in [0.2, 0.25) is 0 Å². The number of aromatic nitrogens is 1. The van der Waals surface area contributed by atoms with E-state index in [9.17, 15) is 0 Å². The summed E-state index contributed by atoms with van der Waals surface area (Å²) in [5.41, 5.74) is 8.07. The Labute approximate surface area is 94.1 Å². The van der Waals surface area contributed by atoms with Crippen LogP contribution in [-0.2, 0) is 0 Å². The Morgan fingerprint density at radius 2 is 2.06 bits per heavy atom. The minimum absolute atomic E-state index is 0.632. The zero-order chi connectivity index (χ0) is 11.4. The van der Waals surface area contributed by atoms with Crippen molar-refractivity contribution in [3.05, 3.63) is 42.7 Å². The molecule has 82 valence electrons. The predicted molar refractivity (Wildman–Crippen MR) is 64.9 cm³/mol. The Hall–Kier alpha value is -2.23. The lowest BCUT2D eigenvalue weighted by atomic mass is 10.3. The fourth-order valence-electron chi connectivity index (χ4n) is 1.39. The summed E-state index contributed by atoms with van der Waals surface area (Å²) in [5.74, 6) is 0.807. The lowest BCUT2D eigenvalue weighted by Crippen LogP contribution is -1.94. The van der Waals surface area contributed by atoms with E-state index in [2.05, 4.69) is 10.3 Å². The van der Waals surface area contributed by atoms with Gasteiger partial charge in [-0.1, -0.05) is 6.07 Å². The number of nitrogens with one attached hydrogen (secondary N) is 1. The van der Waals surface area contributed by atoms with Crippen LogP contribution in [0, 0.1) is 0 Å². The summed E-state index contributed by atoms with van der Waals surface area (Å²) in [6.45, 7) is 0. The number of nitrogens with two attached hydrogens (primary N) is 1. The Morgan fingerprint density at radius 1 is 1.19 bits per heavy atom. The highest BCUT2D eigenvalue weighted by Crippen LogP contribution is 2.21. The summed E-state index contributed by atoms with van der Waals surface area (Å²) in [6.07, 6.45) is 3.33. The van der Waals surface area contributed by atoms with Crippen molar-refractivity contribution in [2.24, 2.45) is 0 Å². The molecule has 0 radical (unpaired) electrons. The maximum absolute atomic E-state index is 5.64. The van der Waals surface area contributed by atoms with Crippen LogP contribution in [0.3, 0.4) is 0 Å². The van der Waals surface area contributed by atoms with E-state index in [0.717, 1.165) is 17.1 Å². The molecule has 0 saturated carbocycles. The summed E-state index contributed by atoms with van der Waals surface area (Å²) in [6, 6.07) is 9.49. The summed E-state index contributed by atoms with van der Waals surface area (Å²) in [4.78, 5) is 4.00. The predicted octanol–water partition coefficient (Wildman–Crippen LogP) is 2.42. The molecule has 2 aromatic rings. The van der Waals surface area contributed by atoms with Gasteiger partial charge in [0.1, 0.15) is 5.75 Å². The molecule has 1 heterocycles. The Balaban J connectivity index is 2.20. The van der Waals surface area contributed by atoms with Crippen molar-refractivity contribution < 1.29 is 4.74 Å². The number of benzene rings is 1. The number of anilines is 3. The molecule has 0 aliphatic carbocycles. The second-order valence-corrected chi connectivity index (χ2v) is 3.36. The molecule has 0 aliphatic heterocycles. The van der Waals surface area contributed by atoms with Crippen molar-refractivity contribution in [3.8, 4) is 5.75 Å². The maximum Gasteiger partial charge on any atom is 0.120 e. The maximum atomic E-state index is 5.64. The first-order valence-corrected chi connectivity index (χ1v) is 4.89. The van der Waals surface area contributed by atoms with Gasteiger partial charge in [-0.25, -0.2) is 0 Å². The molecule has 0 unspecified atom stereocenters. The van der Waals surface area contributed by atoms with Crippen molar-refractivity contribution in [2.45, 2.75) is 0 Å². The van der Waals surface area contributed by atoms with Crippen molar-refractivity contribution in [2.75, 3.05) is 18.2 Å². The van der Waals surface area contributed by atoms with Gasteiger partial charge in [0.2, 0.25) is 0 Å². The molecule has 1 aromatic carbocycles. The van der Waals surface area contributed by atoms with E-state index < -0.39 is 0 Å². The molecule has 1 aromatic heterocycles. The van der Waals surface area contributed by atoms with Crippen LogP contribution >= 0.6 is 0 Å². The zero-order valence-corrected chi connectivity index (χ0v) is 8.97. The number of ether oxygens (including phenoxy) is 1. The number of methoxy groups -OCH3 is 1. The van der Waals surface area contributed by atoms with E-state index in [-0.39, 0.29) is 0 Å². The Bertz CT molecular complexity index is 485. The fraction of sp³-hybridized carbons (Fsp3) is 0.0833. The normalized spacial score (nSPS) is 9.81. The van der Waals surface area contributed by atoms with Gasteiger partial charge in [0.15, 0.2) is 0 Å². The van der Waals surface area contributed by atoms with Crippen LogP contribution in [0.4, 0.5) is 17.1 Å². The van der Waals surface area contributed by atoms with E-state index in [1.54, 1.807) is 19.5 Å². The summed E-state index contributed by atoms with van der Waals surface area (Å²) >= 11 is 0. The molecular formula is C12H13N3O. The number of hydrogen-bond donors (Lipinski definition) is 2. The van der Waals surface area contributed by atoms with Crippen molar-refractivity contribution in [3.63, 3.8) is 0 Å². The fourth-order valence-corrected chi connectivity index (χ4v) is 1.39. The third-order valence-electron chi connectivity index (χ3n) is 2.12. The monoisotopic (exact) mass is 215 g/mol. The van der Waals surface area contributed by atoms with E-state index in [0.29, 0.717) is 5.69 Å². The van der Waals surface area contributed by atoms with Gasteiger partial charge >= 0.3 is 0 Å². The van der Waals surface area contributed by atoms with Gasteiger partial charge < -0.3 is 15.8 Å². The lowest BCUT2D eigenvalue weighted by Gasteiger charge is -2.07. The van der Waals surface area contributed by atoms with Gasteiger partial charge in [-0.05, 0) is 18.2 Å². The van der Waals surface area contributed by atoms with Crippen molar-refractivity contribution >= 4 is 17.1 Å². The SMILES string of the molecule is COc1cccc(Nc2cncc(N)c2)c1. The summed E-state index contributed by atoms with van der Waals surface area (Å²) in [7, 11) is 1.64. The smallest absolute Gasteiger partial charge is 0.120 e. The molecule has 0 aliphatic rings. The van der Waals surface area contributed by atoms with Crippen LogP contribution in [0.15, 0.2) is 42.7 Å². The van der Waals surface area contributed by atoms with Crippen LogP contribution in [0.5, 0.6) is 5.75 Å². The molecule has 4 heteroatoms. The van der Waals surface area contributed by atoms with E-state index in [4.69, 9.17) is 10.5 Å². The number of hydrogen-bond acceptors (Lipinski definition) is 4. The second kappa shape index (κ2) is 4.53. The van der Waals surface area contributed by atoms with Gasteiger partial charge in [-0.2, -0.15) is 0 Å². The molecule has 3 N–H and O–H groups in total. The zero-order valence-electron chi connectivity index (χ0n) is 8.97. The molecule has 0 spiro atoms. The highest BCUT2D eigenvalue weighted by molar-refractivity contribution is 5.63. The van der Waals surface area contributed by atoms with E-state index in [1.807, 2.05) is 30.3 Å². The topological polar surface area (TPSA) is 60.2 Å². The van der Waals surface area contributed by atoms with Crippen LogP contribution in [0.1, 0.15) is 0 Å². The first-order valence-electron chi connectivity index (χ1n) is 4.89. The van der Waals surface area contributed by atoms with Crippen molar-refractivity contribution in [1.82, 2.24) is 4.98 Å². The Morgan fingerprint density at radius 3 is 2.81 bits per heavy atom. The number of nitrogens with zero attached hydrogens (tertiary/aromatic N) is 1. The van der Waals surface area contributed by atoms with Crippen molar-refractivity contribution in [1.29, 1.82) is 0 Å². The highest BCUT2D eigenvalue weighted by Gasteiger charge is 1.97. The molecule has 0 fully saturated rings. The number of pyridine rings is 1. The molecule has 0 bridgehead atoms. The minimum Gasteiger partial charge on any atom is -0.497 e. The molecular weight excluding hydrogens is 202 g/mol. The molecule has 0 atom stereocenters. The Kier molecular flexibility index (Phi) is 2.91. The summed E-state index contributed by atoms with van der Waals surface area (Å²) < 4.78 is 5.14. The van der Waals surface area contributed by atoms with E-state index >= 15 is 0 Å². The molecule has 2 rings (SSSR count). The van der Waals surface area contributed by atoms with Gasteiger partial charge in [0.25, 0.3) is 0 Å².